The molecule has 24 heavy (non-hydrogen) atoms. The van der Waals surface area contributed by atoms with E-state index in [0.717, 1.165) is 28.3 Å². The molecule has 1 aromatic heterocycles. The van der Waals surface area contributed by atoms with Crippen LogP contribution in [0.2, 0.25) is 0 Å². The fourth-order valence-corrected chi connectivity index (χ4v) is 4.10. The molecule has 0 aromatic carbocycles. The first kappa shape index (κ1) is 20.1. The Labute approximate surface area is 159 Å². The van der Waals surface area contributed by atoms with E-state index >= 15 is 0 Å². The lowest BCUT2D eigenvalue weighted by molar-refractivity contribution is 0.00799. The average molecular weight is 419 g/mol. The minimum atomic E-state index is 0.00604. The number of halogens is 1. The molecule has 0 N–H and O–H groups in total. The van der Waals surface area contributed by atoms with Gasteiger partial charge in [0.25, 0.3) is 0 Å². The topological polar surface area (TPSA) is 27.7 Å². The van der Waals surface area contributed by atoms with Gasteiger partial charge in [0, 0.05) is 12.0 Å². The van der Waals surface area contributed by atoms with Crippen molar-refractivity contribution >= 4 is 27.3 Å². The van der Waals surface area contributed by atoms with Crippen LogP contribution >= 0.6 is 27.3 Å². The van der Waals surface area contributed by atoms with Crippen molar-refractivity contribution in [3.05, 3.63) is 9.17 Å². The zero-order chi connectivity index (χ0) is 17.0. The summed E-state index contributed by atoms with van der Waals surface area (Å²) in [7, 11) is 0. The molecule has 0 bridgehead atoms. The van der Waals surface area contributed by atoms with E-state index < -0.39 is 0 Å². The first-order valence-corrected chi connectivity index (χ1v) is 11.1. The Morgan fingerprint density at radius 2 is 1.75 bits per heavy atom. The molecule has 1 aliphatic heterocycles. The highest BCUT2D eigenvalue weighted by Gasteiger charge is 2.24. The summed E-state index contributed by atoms with van der Waals surface area (Å²) in [4.78, 5) is 0. The predicted molar refractivity (Wildman–Crippen MR) is 105 cm³/mol. The van der Waals surface area contributed by atoms with Gasteiger partial charge in [0.05, 0.1) is 6.61 Å². The van der Waals surface area contributed by atoms with Gasteiger partial charge in [-0.05, 0) is 22.4 Å². The highest BCUT2D eigenvalue weighted by molar-refractivity contribution is 9.11. The maximum Gasteiger partial charge on any atom is 0.186 e. The monoisotopic (exact) mass is 418 g/mol. The van der Waals surface area contributed by atoms with E-state index in [-0.39, 0.29) is 6.10 Å². The number of unbranched alkanes of at least 4 members (excludes halogenated alkanes) is 9. The van der Waals surface area contributed by atoms with Crippen molar-refractivity contribution in [2.24, 2.45) is 0 Å². The molecule has 5 heteroatoms. The van der Waals surface area contributed by atoms with Gasteiger partial charge in [-0.3, -0.25) is 0 Å². The Bertz CT molecular complexity index is 450. The van der Waals surface area contributed by atoms with Crippen LogP contribution in [0.25, 0.3) is 0 Å². The minimum Gasteiger partial charge on any atom is -0.485 e. The second kappa shape index (κ2) is 12.2. The van der Waals surface area contributed by atoms with Gasteiger partial charge >= 0.3 is 0 Å². The van der Waals surface area contributed by atoms with Crippen LogP contribution < -0.4 is 9.47 Å². The molecular weight excluding hydrogens is 388 g/mol. The summed E-state index contributed by atoms with van der Waals surface area (Å²) >= 11 is 5.09. The van der Waals surface area contributed by atoms with Crippen molar-refractivity contribution in [1.82, 2.24) is 0 Å². The normalized spacial score (nSPS) is 16.5. The van der Waals surface area contributed by atoms with Gasteiger partial charge < -0.3 is 14.2 Å². The lowest BCUT2D eigenvalue weighted by Gasteiger charge is -2.24. The van der Waals surface area contributed by atoms with E-state index in [9.17, 15) is 0 Å². The Hall–Kier alpha value is -0.260. The maximum absolute atomic E-state index is 5.92. The van der Waals surface area contributed by atoms with E-state index in [2.05, 4.69) is 22.9 Å². The summed E-state index contributed by atoms with van der Waals surface area (Å²) in [5.74, 6) is 1.68. The van der Waals surface area contributed by atoms with Crippen LogP contribution in [0.4, 0.5) is 0 Å². The van der Waals surface area contributed by atoms with Crippen molar-refractivity contribution < 1.29 is 14.2 Å². The van der Waals surface area contributed by atoms with Crippen LogP contribution in [-0.2, 0) is 4.74 Å². The minimum absolute atomic E-state index is 0.00604. The van der Waals surface area contributed by atoms with Crippen molar-refractivity contribution in [3.8, 4) is 11.5 Å². The molecular formula is C19H31BrO3S. The molecule has 0 saturated heterocycles. The lowest BCUT2D eigenvalue weighted by atomic mass is 10.1. The van der Waals surface area contributed by atoms with Crippen LogP contribution in [0.3, 0.4) is 0 Å². The van der Waals surface area contributed by atoms with Gasteiger partial charge in [0.15, 0.2) is 17.6 Å². The summed E-state index contributed by atoms with van der Waals surface area (Å²) in [6.07, 6.45) is 13.5. The Morgan fingerprint density at radius 1 is 1.08 bits per heavy atom. The van der Waals surface area contributed by atoms with Crippen molar-refractivity contribution in [2.75, 3.05) is 19.8 Å². The Balaban J connectivity index is 1.39. The molecule has 1 aromatic rings. The van der Waals surface area contributed by atoms with Gasteiger partial charge in [0.2, 0.25) is 0 Å². The molecule has 138 valence electrons. The quantitative estimate of drug-likeness (QED) is 0.338. The molecule has 0 radical (unpaired) electrons. The van der Waals surface area contributed by atoms with E-state index in [4.69, 9.17) is 14.2 Å². The van der Waals surface area contributed by atoms with Crippen LogP contribution in [0.15, 0.2) is 9.17 Å². The fraction of sp³-hybridized carbons (Fsp3) is 0.789. The number of thiophene rings is 1. The van der Waals surface area contributed by atoms with Crippen molar-refractivity contribution in [2.45, 2.75) is 77.2 Å². The highest BCUT2D eigenvalue weighted by atomic mass is 79.9. The van der Waals surface area contributed by atoms with Gasteiger partial charge in [-0.2, -0.15) is 0 Å². The molecule has 0 spiro atoms. The Morgan fingerprint density at radius 3 is 2.46 bits per heavy atom. The molecule has 1 aliphatic rings. The second-order valence-electron chi connectivity index (χ2n) is 6.51. The Kier molecular flexibility index (Phi) is 10.2. The van der Waals surface area contributed by atoms with Crippen LogP contribution in [0, 0.1) is 0 Å². The van der Waals surface area contributed by atoms with E-state index in [0.29, 0.717) is 13.2 Å². The van der Waals surface area contributed by atoms with E-state index in [1.165, 1.54) is 57.8 Å². The third-order valence-electron chi connectivity index (χ3n) is 4.33. The number of fused-ring (bicyclic) bond motifs is 1. The second-order valence-corrected chi connectivity index (χ2v) is 8.71. The zero-order valence-electron chi connectivity index (χ0n) is 14.9. The summed E-state index contributed by atoms with van der Waals surface area (Å²) < 4.78 is 18.4. The molecule has 0 saturated carbocycles. The summed E-state index contributed by atoms with van der Waals surface area (Å²) in [5, 5.41) is 1.97. The molecule has 1 atom stereocenters. The van der Waals surface area contributed by atoms with Gasteiger partial charge in [-0.25, -0.2) is 0 Å². The maximum atomic E-state index is 5.92. The molecule has 2 rings (SSSR count). The average Bonchev–Trinajstić information content (AvgIpc) is 2.97. The van der Waals surface area contributed by atoms with Crippen LogP contribution in [0.1, 0.15) is 71.1 Å². The number of rotatable bonds is 13. The fourth-order valence-electron chi connectivity index (χ4n) is 2.89. The third-order valence-corrected chi connectivity index (χ3v) is 5.97. The van der Waals surface area contributed by atoms with Crippen LogP contribution in [-0.4, -0.2) is 25.9 Å². The van der Waals surface area contributed by atoms with Gasteiger partial charge in [0.1, 0.15) is 10.4 Å². The van der Waals surface area contributed by atoms with Crippen molar-refractivity contribution in [1.29, 1.82) is 0 Å². The van der Waals surface area contributed by atoms with E-state index in [1.54, 1.807) is 11.3 Å². The van der Waals surface area contributed by atoms with E-state index in [1.807, 2.05) is 5.38 Å². The SMILES string of the molecule is CCCCCCCCCCCCOCC1COc2csc(Br)c2O1. The summed E-state index contributed by atoms with van der Waals surface area (Å²) in [5.41, 5.74) is 0. The first-order valence-electron chi connectivity index (χ1n) is 9.45. The van der Waals surface area contributed by atoms with Gasteiger partial charge in [-0.1, -0.05) is 64.7 Å². The number of hydrogen-bond donors (Lipinski definition) is 0. The predicted octanol–water partition coefficient (Wildman–Crippen LogP) is 6.59. The first-order chi connectivity index (χ1) is 11.8. The lowest BCUT2D eigenvalue weighted by Crippen LogP contribution is -2.33. The molecule has 2 heterocycles. The van der Waals surface area contributed by atoms with Crippen molar-refractivity contribution in [3.63, 3.8) is 0 Å². The largest absolute Gasteiger partial charge is 0.485 e. The zero-order valence-corrected chi connectivity index (χ0v) is 17.3. The van der Waals surface area contributed by atoms with Crippen LogP contribution in [0.5, 0.6) is 11.5 Å². The summed E-state index contributed by atoms with van der Waals surface area (Å²) in [6, 6.07) is 0. The molecule has 0 amide bonds. The molecule has 3 nitrogen and oxygen atoms in total. The standard InChI is InChI=1S/C19H31BrO3S/c1-2-3-4-5-6-7-8-9-10-11-12-21-13-16-14-22-17-15-24-19(20)18(17)23-16/h15-16H,2-14H2,1H3. The number of ether oxygens (including phenoxy) is 3. The molecule has 0 aliphatic carbocycles. The third kappa shape index (κ3) is 7.32. The molecule has 1 unspecified atom stereocenters. The molecule has 0 fully saturated rings. The van der Waals surface area contributed by atoms with Gasteiger partial charge in [-0.15, -0.1) is 11.3 Å². The highest BCUT2D eigenvalue weighted by Crippen LogP contribution is 2.43. The summed E-state index contributed by atoms with van der Waals surface area (Å²) in [6.45, 7) is 4.29. The smallest absolute Gasteiger partial charge is 0.186 e. The number of hydrogen-bond acceptors (Lipinski definition) is 4.